The Labute approximate surface area is 95.3 Å². The molecule has 0 atom stereocenters. The Kier molecular flexibility index (Phi) is 2.50. The van der Waals surface area contributed by atoms with Crippen molar-refractivity contribution in [3.63, 3.8) is 0 Å². The molecule has 2 rings (SSSR count). The van der Waals surface area contributed by atoms with Crippen molar-refractivity contribution in [3.05, 3.63) is 28.5 Å². The second-order valence-corrected chi connectivity index (χ2v) is 3.60. The number of nitriles is 1. The van der Waals surface area contributed by atoms with Crippen molar-refractivity contribution in [1.29, 1.82) is 5.26 Å². The van der Waals surface area contributed by atoms with Crippen molar-refractivity contribution in [2.75, 3.05) is 0 Å². The van der Waals surface area contributed by atoms with Crippen molar-refractivity contribution >= 4 is 28.6 Å². The summed E-state index contributed by atoms with van der Waals surface area (Å²) in [6.07, 6.45) is -0.187. The van der Waals surface area contributed by atoms with E-state index in [0.29, 0.717) is 22.2 Å². The van der Waals surface area contributed by atoms with Gasteiger partial charge < -0.3 is 10.1 Å². The fourth-order valence-corrected chi connectivity index (χ4v) is 1.71. The van der Waals surface area contributed by atoms with Crippen LogP contribution in [0, 0.1) is 11.3 Å². The van der Waals surface area contributed by atoms with Crippen LogP contribution in [-0.4, -0.2) is 21.0 Å². The molecule has 2 aromatic rings. The number of hydrogen-bond donors (Lipinski definition) is 2. The molecule has 5 nitrogen and oxygen atoms in total. The lowest BCUT2D eigenvalue weighted by molar-refractivity contribution is -0.136. The van der Waals surface area contributed by atoms with Gasteiger partial charge in [0.25, 0.3) is 0 Å². The number of benzene rings is 1. The molecule has 1 aromatic carbocycles. The SMILES string of the molecule is N#Cc1cc(CC(=O)O)c2nc(Cl)[nH]c2c1. The third-order valence-electron chi connectivity index (χ3n) is 2.11. The average molecular weight is 236 g/mol. The summed E-state index contributed by atoms with van der Waals surface area (Å²) in [6.45, 7) is 0. The van der Waals surface area contributed by atoms with Gasteiger partial charge in [0.05, 0.1) is 29.1 Å². The molecule has 0 amide bonds. The molecule has 0 radical (unpaired) electrons. The van der Waals surface area contributed by atoms with Gasteiger partial charge in [0.2, 0.25) is 5.28 Å². The van der Waals surface area contributed by atoms with E-state index in [2.05, 4.69) is 9.97 Å². The Morgan fingerprint density at radius 1 is 1.62 bits per heavy atom. The number of nitrogens with one attached hydrogen (secondary N) is 1. The summed E-state index contributed by atoms with van der Waals surface area (Å²) in [5.41, 5.74) is 1.92. The number of nitrogens with zero attached hydrogens (tertiary/aromatic N) is 2. The number of carboxylic acid groups (broad SMARTS) is 1. The van der Waals surface area contributed by atoms with Crippen LogP contribution < -0.4 is 0 Å². The standard InChI is InChI=1S/C10H6ClN3O2/c11-10-13-7-2-5(4-12)1-6(3-8(15)16)9(7)14-10/h1-2H,3H2,(H,13,14)(H,15,16). The highest BCUT2D eigenvalue weighted by atomic mass is 35.5. The second kappa shape index (κ2) is 3.83. The van der Waals surface area contributed by atoms with Gasteiger partial charge in [0.1, 0.15) is 0 Å². The van der Waals surface area contributed by atoms with E-state index in [1.807, 2.05) is 6.07 Å². The Morgan fingerprint density at radius 3 is 3.00 bits per heavy atom. The fraction of sp³-hybridized carbons (Fsp3) is 0.100. The Bertz CT molecular complexity index is 612. The summed E-state index contributed by atoms with van der Waals surface area (Å²) in [5.74, 6) is -0.976. The van der Waals surface area contributed by atoms with E-state index in [9.17, 15) is 4.79 Å². The zero-order valence-electron chi connectivity index (χ0n) is 7.99. The van der Waals surface area contributed by atoms with Crippen molar-refractivity contribution in [1.82, 2.24) is 9.97 Å². The van der Waals surface area contributed by atoms with Gasteiger partial charge in [-0.05, 0) is 29.3 Å². The first-order valence-electron chi connectivity index (χ1n) is 4.40. The number of hydrogen-bond acceptors (Lipinski definition) is 3. The van der Waals surface area contributed by atoms with Gasteiger partial charge in [-0.1, -0.05) is 0 Å². The van der Waals surface area contributed by atoms with E-state index in [4.69, 9.17) is 22.0 Å². The monoisotopic (exact) mass is 235 g/mol. The minimum Gasteiger partial charge on any atom is -0.481 e. The van der Waals surface area contributed by atoms with E-state index in [1.165, 1.54) is 6.07 Å². The van der Waals surface area contributed by atoms with Crippen LogP contribution in [0.5, 0.6) is 0 Å². The number of carboxylic acids is 1. The van der Waals surface area contributed by atoms with Crippen LogP contribution in [0.2, 0.25) is 5.28 Å². The zero-order chi connectivity index (χ0) is 11.7. The maximum atomic E-state index is 10.7. The van der Waals surface area contributed by atoms with Crippen molar-refractivity contribution in [2.45, 2.75) is 6.42 Å². The molecule has 0 unspecified atom stereocenters. The van der Waals surface area contributed by atoms with Crippen LogP contribution in [0.4, 0.5) is 0 Å². The number of halogens is 1. The van der Waals surface area contributed by atoms with Crippen LogP contribution in [0.25, 0.3) is 11.0 Å². The van der Waals surface area contributed by atoms with E-state index >= 15 is 0 Å². The lowest BCUT2D eigenvalue weighted by Gasteiger charge is -1.99. The quantitative estimate of drug-likeness (QED) is 0.829. The molecule has 0 aliphatic carbocycles. The van der Waals surface area contributed by atoms with Crippen molar-refractivity contribution in [3.8, 4) is 6.07 Å². The minimum atomic E-state index is -0.976. The minimum absolute atomic E-state index is 0.178. The number of aromatic nitrogens is 2. The summed E-state index contributed by atoms with van der Waals surface area (Å²) >= 11 is 5.69. The molecular formula is C10H6ClN3O2. The second-order valence-electron chi connectivity index (χ2n) is 3.24. The number of carbonyl (C=O) groups is 1. The molecule has 0 aliphatic rings. The molecule has 0 spiro atoms. The average Bonchev–Trinajstić information content (AvgIpc) is 2.57. The van der Waals surface area contributed by atoms with E-state index in [0.717, 1.165) is 0 Å². The lowest BCUT2D eigenvalue weighted by atomic mass is 10.1. The number of aromatic amines is 1. The Balaban J connectivity index is 2.68. The highest BCUT2D eigenvalue weighted by Crippen LogP contribution is 2.21. The first kappa shape index (κ1) is 10.5. The highest BCUT2D eigenvalue weighted by molar-refractivity contribution is 6.29. The van der Waals surface area contributed by atoms with Gasteiger partial charge in [0, 0.05) is 0 Å². The van der Waals surface area contributed by atoms with E-state index in [-0.39, 0.29) is 11.7 Å². The molecule has 6 heteroatoms. The summed E-state index contributed by atoms with van der Waals surface area (Å²) in [6, 6.07) is 5.05. The number of fused-ring (bicyclic) bond motifs is 1. The molecular weight excluding hydrogens is 230 g/mol. The predicted molar refractivity (Wildman–Crippen MR) is 57.2 cm³/mol. The number of rotatable bonds is 2. The van der Waals surface area contributed by atoms with Gasteiger partial charge in [-0.25, -0.2) is 4.98 Å². The maximum absolute atomic E-state index is 10.7. The van der Waals surface area contributed by atoms with Crippen LogP contribution in [0.1, 0.15) is 11.1 Å². The first-order chi connectivity index (χ1) is 7.60. The first-order valence-corrected chi connectivity index (χ1v) is 4.78. The van der Waals surface area contributed by atoms with E-state index < -0.39 is 5.97 Å². The van der Waals surface area contributed by atoms with Crippen LogP contribution >= 0.6 is 11.6 Å². The number of imidazole rings is 1. The van der Waals surface area contributed by atoms with Crippen molar-refractivity contribution < 1.29 is 9.90 Å². The van der Waals surface area contributed by atoms with Gasteiger partial charge in [-0.15, -0.1) is 0 Å². The van der Waals surface area contributed by atoms with Gasteiger partial charge in [0.15, 0.2) is 0 Å². The smallest absolute Gasteiger partial charge is 0.307 e. The van der Waals surface area contributed by atoms with Crippen LogP contribution in [-0.2, 0) is 11.2 Å². The molecule has 1 heterocycles. The topological polar surface area (TPSA) is 89.8 Å². The maximum Gasteiger partial charge on any atom is 0.307 e. The lowest BCUT2D eigenvalue weighted by Crippen LogP contribution is -2.01. The Hall–Kier alpha value is -2.06. The molecule has 1 aromatic heterocycles. The van der Waals surface area contributed by atoms with Gasteiger partial charge in [-0.3, -0.25) is 4.79 Å². The molecule has 0 fully saturated rings. The molecule has 80 valence electrons. The molecule has 16 heavy (non-hydrogen) atoms. The summed E-state index contributed by atoms with van der Waals surface area (Å²) in [4.78, 5) is 17.4. The highest BCUT2D eigenvalue weighted by Gasteiger charge is 2.11. The van der Waals surface area contributed by atoms with Crippen molar-refractivity contribution in [2.24, 2.45) is 0 Å². The third kappa shape index (κ3) is 1.83. The number of aliphatic carboxylic acids is 1. The molecule has 2 N–H and O–H groups in total. The Morgan fingerprint density at radius 2 is 2.38 bits per heavy atom. The third-order valence-corrected chi connectivity index (χ3v) is 2.29. The molecule has 0 saturated heterocycles. The van der Waals surface area contributed by atoms with E-state index in [1.54, 1.807) is 6.07 Å². The van der Waals surface area contributed by atoms with Crippen LogP contribution in [0.15, 0.2) is 12.1 Å². The number of H-pyrrole nitrogens is 1. The normalized spacial score (nSPS) is 10.2. The van der Waals surface area contributed by atoms with Crippen LogP contribution in [0.3, 0.4) is 0 Å². The fourth-order valence-electron chi connectivity index (χ4n) is 1.52. The van der Waals surface area contributed by atoms with Gasteiger partial charge in [-0.2, -0.15) is 5.26 Å². The zero-order valence-corrected chi connectivity index (χ0v) is 8.75. The summed E-state index contributed by atoms with van der Waals surface area (Å²) < 4.78 is 0. The summed E-state index contributed by atoms with van der Waals surface area (Å²) in [5, 5.41) is 17.7. The molecule has 0 aliphatic heterocycles. The largest absolute Gasteiger partial charge is 0.481 e. The molecule has 0 bridgehead atoms. The molecule has 0 saturated carbocycles. The van der Waals surface area contributed by atoms with Gasteiger partial charge >= 0.3 is 5.97 Å². The summed E-state index contributed by atoms with van der Waals surface area (Å²) in [7, 11) is 0. The predicted octanol–water partition coefficient (Wildman–Crippen LogP) is 1.72.